The molecule has 6 nitrogen and oxygen atoms in total. The van der Waals surface area contributed by atoms with Crippen molar-refractivity contribution in [3.05, 3.63) is 22.3 Å². The first-order valence-electron chi connectivity index (χ1n) is 6.12. The third-order valence-corrected chi connectivity index (χ3v) is 3.17. The van der Waals surface area contributed by atoms with E-state index < -0.39 is 29.5 Å². The molecule has 11 heteroatoms. The fraction of sp³-hybridized carbons (Fsp3) is 0.417. The number of pyridine rings is 1. The molecule has 1 aromatic rings. The Morgan fingerprint density at radius 2 is 1.96 bits per heavy atom. The minimum Gasteiger partial charge on any atom is -0.466 e. The zero-order chi connectivity index (χ0) is 17.8. The molecule has 2 N–H and O–H groups in total. The van der Waals surface area contributed by atoms with Gasteiger partial charge in [-0.2, -0.15) is 13.2 Å². The Morgan fingerprint density at radius 1 is 1.35 bits per heavy atom. The van der Waals surface area contributed by atoms with Crippen LogP contribution in [-0.4, -0.2) is 35.8 Å². The van der Waals surface area contributed by atoms with Crippen molar-refractivity contribution >= 4 is 40.9 Å². The summed E-state index contributed by atoms with van der Waals surface area (Å²) in [5.41, 5.74) is -3.54. The van der Waals surface area contributed by atoms with Crippen molar-refractivity contribution in [2.75, 3.05) is 12.4 Å². The van der Waals surface area contributed by atoms with Crippen molar-refractivity contribution in [2.45, 2.75) is 25.2 Å². The van der Waals surface area contributed by atoms with Crippen LogP contribution in [0.5, 0.6) is 0 Å². The number of halogens is 5. The van der Waals surface area contributed by atoms with Crippen molar-refractivity contribution in [3.63, 3.8) is 0 Å². The second-order valence-corrected chi connectivity index (χ2v) is 5.09. The molecule has 23 heavy (non-hydrogen) atoms. The topological polar surface area (TPSA) is 80.3 Å². The zero-order valence-corrected chi connectivity index (χ0v) is 13.4. The van der Waals surface area contributed by atoms with E-state index in [1.165, 1.54) is 6.92 Å². The molecule has 1 amide bonds. The Bertz CT molecular complexity index is 613. The molecule has 1 heterocycles. The molecule has 0 aromatic carbocycles. The summed E-state index contributed by atoms with van der Waals surface area (Å²) in [5.74, 6) is -3.32. The molecular weight excluding hydrogens is 362 g/mol. The van der Waals surface area contributed by atoms with Gasteiger partial charge in [-0.15, -0.1) is 0 Å². The van der Waals surface area contributed by atoms with Crippen LogP contribution in [0.25, 0.3) is 0 Å². The Kier molecular flexibility index (Phi) is 6.06. The van der Waals surface area contributed by atoms with Gasteiger partial charge in [0.25, 0.3) is 0 Å². The highest BCUT2D eigenvalue weighted by Gasteiger charge is 2.63. The molecule has 128 valence electrons. The minimum atomic E-state index is -5.24. The van der Waals surface area contributed by atoms with Gasteiger partial charge in [0.15, 0.2) is 0 Å². The predicted molar refractivity (Wildman–Crippen MR) is 77.1 cm³/mol. The Hall–Kier alpha value is -1.74. The number of carbonyl (C=O) groups is 2. The maximum absolute atomic E-state index is 13.5. The maximum Gasteiger partial charge on any atom is 0.441 e. The van der Waals surface area contributed by atoms with Gasteiger partial charge in [0.1, 0.15) is 5.82 Å². The number of hydrogen-bond donors (Lipinski definition) is 2. The van der Waals surface area contributed by atoms with Crippen molar-refractivity contribution in [3.8, 4) is 0 Å². The Morgan fingerprint density at radius 3 is 2.39 bits per heavy atom. The van der Waals surface area contributed by atoms with Crippen LogP contribution in [0, 0.1) is 0 Å². The van der Waals surface area contributed by atoms with Crippen LogP contribution >= 0.6 is 23.2 Å². The van der Waals surface area contributed by atoms with E-state index in [1.54, 1.807) is 5.32 Å². The summed E-state index contributed by atoms with van der Waals surface area (Å²) in [6, 6.07) is 1.12. The van der Waals surface area contributed by atoms with Crippen LogP contribution in [-0.2, 0) is 14.3 Å². The SMILES string of the molecule is CCC(=O)N[C@](Nc1ncc(Cl)cc1Cl)(C(=O)OC)C(F)(F)F. The quantitative estimate of drug-likeness (QED) is 0.612. The molecule has 0 aliphatic heterocycles. The molecule has 0 aliphatic carbocycles. The predicted octanol–water partition coefficient (Wildman–Crippen LogP) is 2.76. The molecule has 0 spiro atoms. The summed E-state index contributed by atoms with van der Waals surface area (Å²) in [4.78, 5) is 26.9. The fourth-order valence-corrected chi connectivity index (χ4v) is 1.95. The molecule has 0 fully saturated rings. The summed E-state index contributed by atoms with van der Waals surface area (Å²) >= 11 is 11.4. The number of nitrogens with zero attached hydrogens (tertiary/aromatic N) is 1. The van der Waals surface area contributed by atoms with Crippen LogP contribution < -0.4 is 10.6 Å². The van der Waals surface area contributed by atoms with Crippen molar-refractivity contribution in [1.29, 1.82) is 0 Å². The number of ether oxygens (including phenoxy) is 1. The standard InChI is InChI=1S/C12H12Cl2F3N3O3/c1-3-8(21)19-11(10(22)23-2,12(15,16)17)20-9-7(14)4-6(13)5-18-9/h4-5H,3H2,1-2H3,(H,18,20)(H,19,21)/t11-/m0/s1. The summed E-state index contributed by atoms with van der Waals surface area (Å²) in [5, 5.41) is 3.19. The lowest BCUT2D eigenvalue weighted by molar-refractivity contribution is -0.206. The lowest BCUT2D eigenvalue weighted by atomic mass is 10.1. The summed E-state index contributed by atoms with van der Waals surface area (Å²) < 4.78 is 44.8. The average Bonchev–Trinajstić information content (AvgIpc) is 2.46. The monoisotopic (exact) mass is 373 g/mol. The average molecular weight is 374 g/mol. The lowest BCUT2D eigenvalue weighted by Crippen LogP contribution is -2.69. The van der Waals surface area contributed by atoms with Crippen LogP contribution in [0.1, 0.15) is 13.3 Å². The molecule has 0 unspecified atom stereocenters. The van der Waals surface area contributed by atoms with E-state index in [4.69, 9.17) is 23.2 Å². The third kappa shape index (κ3) is 4.17. The second kappa shape index (κ2) is 7.22. The summed E-state index contributed by atoms with van der Waals surface area (Å²) in [6.45, 7) is 1.32. The number of amides is 1. The molecule has 0 bridgehead atoms. The van der Waals surface area contributed by atoms with Gasteiger partial charge in [-0.1, -0.05) is 30.1 Å². The van der Waals surface area contributed by atoms with Gasteiger partial charge in [0.2, 0.25) is 5.91 Å². The van der Waals surface area contributed by atoms with Gasteiger partial charge in [-0.3, -0.25) is 4.79 Å². The first-order chi connectivity index (χ1) is 10.6. The third-order valence-electron chi connectivity index (χ3n) is 2.68. The molecule has 0 saturated carbocycles. The number of carbonyl (C=O) groups excluding carboxylic acids is 2. The van der Waals surface area contributed by atoms with Crippen LogP contribution in [0.2, 0.25) is 10.0 Å². The Balaban J connectivity index is 3.42. The largest absolute Gasteiger partial charge is 0.466 e. The first-order valence-corrected chi connectivity index (χ1v) is 6.88. The number of nitrogens with one attached hydrogen (secondary N) is 2. The minimum absolute atomic E-state index is 0.0776. The van der Waals surface area contributed by atoms with Crippen molar-refractivity contribution in [2.24, 2.45) is 0 Å². The van der Waals surface area contributed by atoms with E-state index >= 15 is 0 Å². The van der Waals surface area contributed by atoms with Crippen molar-refractivity contribution in [1.82, 2.24) is 10.3 Å². The van der Waals surface area contributed by atoms with Crippen molar-refractivity contribution < 1.29 is 27.5 Å². The van der Waals surface area contributed by atoms with Crippen LogP contribution in [0.15, 0.2) is 12.3 Å². The van der Waals surface area contributed by atoms with Gasteiger partial charge in [0, 0.05) is 12.6 Å². The highest BCUT2D eigenvalue weighted by molar-refractivity contribution is 6.36. The van der Waals surface area contributed by atoms with Crippen LogP contribution in [0.4, 0.5) is 19.0 Å². The van der Waals surface area contributed by atoms with E-state index in [1.807, 2.05) is 5.32 Å². The highest BCUT2D eigenvalue weighted by atomic mass is 35.5. The number of methoxy groups -OCH3 is 1. The van der Waals surface area contributed by atoms with E-state index in [2.05, 4.69) is 9.72 Å². The Labute approximate surface area is 139 Å². The molecule has 0 radical (unpaired) electrons. The fourth-order valence-electron chi connectivity index (χ4n) is 1.53. The molecule has 0 saturated heterocycles. The lowest BCUT2D eigenvalue weighted by Gasteiger charge is -2.34. The van der Waals surface area contributed by atoms with E-state index in [0.29, 0.717) is 0 Å². The second-order valence-electron chi connectivity index (χ2n) is 4.25. The zero-order valence-electron chi connectivity index (χ0n) is 11.9. The number of hydrogen-bond acceptors (Lipinski definition) is 5. The molecular formula is C12H12Cl2F3N3O3. The smallest absolute Gasteiger partial charge is 0.441 e. The van der Waals surface area contributed by atoms with Gasteiger partial charge in [0.05, 0.1) is 17.2 Å². The van der Waals surface area contributed by atoms with Gasteiger partial charge in [-0.05, 0) is 6.07 Å². The highest BCUT2D eigenvalue weighted by Crippen LogP contribution is 2.35. The number of aromatic nitrogens is 1. The molecule has 1 aromatic heterocycles. The van der Waals surface area contributed by atoms with Crippen LogP contribution in [0.3, 0.4) is 0 Å². The summed E-state index contributed by atoms with van der Waals surface area (Å²) in [6.07, 6.45) is -4.51. The number of anilines is 1. The van der Waals surface area contributed by atoms with Gasteiger partial charge in [-0.25, -0.2) is 9.78 Å². The number of alkyl halides is 3. The first kappa shape index (κ1) is 19.3. The van der Waals surface area contributed by atoms with Gasteiger partial charge >= 0.3 is 17.8 Å². The number of esters is 1. The maximum atomic E-state index is 13.5. The van der Waals surface area contributed by atoms with E-state index in [9.17, 15) is 22.8 Å². The number of rotatable bonds is 5. The normalized spacial score (nSPS) is 13.9. The molecule has 1 rings (SSSR count). The van der Waals surface area contributed by atoms with E-state index in [0.717, 1.165) is 19.4 Å². The molecule has 0 aliphatic rings. The molecule has 1 atom stereocenters. The van der Waals surface area contributed by atoms with E-state index in [-0.39, 0.29) is 16.5 Å². The summed E-state index contributed by atoms with van der Waals surface area (Å²) in [7, 11) is 0.750. The van der Waals surface area contributed by atoms with Gasteiger partial charge < -0.3 is 15.4 Å².